The summed E-state index contributed by atoms with van der Waals surface area (Å²) in [6.45, 7) is 0.0716. The first-order valence-electron chi connectivity index (χ1n) is 11.2. The highest BCUT2D eigenvalue weighted by molar-refractivity contribution is 9.10. The first-order chi connectivity index (χ1) is 17.3. The first-order valence-corrected chi connectivity index (χ1v) is 13.4. The topological polar surface area (TPSA) is 85.6 Å². The summed E-state index contributed by atoms with van der Waals surface area (Å²) in [4.78, 5) is 12.9. The second kappa shape index (κ2) is 9.97. The van der Waals surface area contributed by atoms with Gasteiger partial charge in [0.2, 0.25) is 0 Å². The molecule has 5 rings (SSSR count). The van der Waals surface area contributed by atoms with Gasteiger partial charge in [-0.1, -0.05) is 17.7 Å². The molecule has 3 aromatic carbocycles. The van der Waals surface area contributed by atoms with E-state index in [1.54, 1.807) is 36.4 Å². The molecular weight excluding hydrogens is 571 g/mol. The lowest BCUT2D eigenvalue weighted by Gasteiger charge is -2.29. The molecule has 1 saturated carbocycles. The van der Waals surface area contributed by atoms with Crippen molar-refractivity contribution in [2.45, 2.75) is 25.3 Å². The van der Waals surface area contributed by atoms with Crippen LogP contribution in [0.5, 0.6) is 0 Å². The highest BCUT2D eigenvalue weighted by Crippen LogP contribution is 2.48. The van der Waals surface area contributed by atoms with Crippen LogP contribution in [0.4, 0.5) is 10.1 Å². The summed E-state index contributed by atoms with van der Waals surface area (Å²) in [5.74, 6) is -0.295. The maximum Gasteiger partial charge on any atom is 0.255 e. The summed E-state index contributed by atoms with van der Waals surface area (Å²) in [7, 11) is 1.53. The third-order valence-electron chi connectivity index (χ3n) is 6.17. The normalized spacial score (nSPS) is 14.1. The third kappa shape index (κ3) is 4.80. The largest absolute Gasteiger partial charge is 0.755 e. The van der Waals surface area contributed by atoms with E-state index in [1.807, 2.05) is 6.07 Å². The van der Waals surface area contributed by atoms with Gasteiger partial charge in [-0.3, -0.25) is 13.3 Å². The number of amides is 1. The zero-order chi connectivity index (χ0) is 25.6. The molecule has 0 radical (unpaired) electrons. The molecule has 1 heterocycles. The number of halogens is 3. The number of fused-ring (bicyclic) bond motifs is 1. The molecule has 1 unspecified atom stereocenters. The molecule has 1 N–H and O–H groups in total. The van der Waals surface area contributed by atoms with Crippen LogP contribution in [0, 0.1) is 5.82 Å². The van der Waals surface area contributed by atoms with Crippen LogP contribution in [-0.4, -0.2) is 21.7 Å². The van der Waals surface area contributed by atoms with Crippen molar-refractivity contribution in [3.8, 4) is 11.3 Å². The monoisotopic (exact) mass is 589 g/mol. The Morgan fingerprint density at radius 3 is 2.56 bits per heavy atom. The summed E-state index contributed by atoms with van der Waals surface area (Å²) in [5.41, 5.74) is 3.24. The van der Waals surface area contributed by atoms with Gasteiger partial charge in [-0.05, 0) is 88.3 Å². The first kappa shape index (κ1) is 25.0. The van der Waals surface area contributed by atoms with E-state index in [4.69, 9.17) is 16.0 Å². The van der Waals surface area contributed by atoms with Gasteiger partial charge in [0.15, 0.2) is 0 Å². The zero-order valence-electron chi connectivity index (χ0n) is 19.0. The van der Waals surface area contributed by atoms with E-state index in [0.717, 1.165) is 18.4 Å². The predicted octanol–water partition coefficient (Wildman–Crippen LogP) is 6.69. The van der Waals surface area contributed by atoms with E-state index in [1.165, 1.54) is 23.5 Å². The number of hydrogen-bond donors (Lipinski definition) is 1. The molecule has 10 heteroatoms. The summed E-state index contributed by atoms with van der Waals surface area (Å²) in [6.07, 6.45) is 1.83. The van der Waals surface area contributed by atoms with Gasteiger partial charge < -0.3 is 14.3 Å². The van der Waals surface area contributed by atoms with Gasteiger partial charge in [0.1, 0.15) is 17.2 Å². The number of furan rings is 1. The smallest absolute Gasteiger partial charge is 0.255 e. The Bertz CT molecular complexity index is 1500. The lowest BCUT2D eigenvalue weighted by molar-refractivity contribution is 0.0964. The molecule has 1 amide bonds. The molecule has 0 saturated heterocycles. The standard InChI is InChI=1S/C26H21BrClFN2O4S/c1-30-26(32)24-19-11-18(15-3-4-15)22(12-23(19)35-25(24)16-5-7-17(29)8-6-16)31(36(33)34)13-14-2-9-20(27)21(28)10-14/h2,5-12,15H,3-4,13H2,1H3,(H,30,32)(H,33,34)/p-1. The molecule has 0 aliphatic heterocycles. The molecule has 1 fully saturated rings. The van der Waals surface area contributed by atoms with Crippen molar-refractivity contribution >= 4 is 61.4 Å². The number of rotatable bonds is 7. The van der Waals surface area contributed by atoms with Crippen LogP contribution in [-0.2, 0) is 17.8 Å². The second-order valence-corrected chi connectivity index (χ2v) is 10.7. The average Bonchev–Trinajstić information content (AvgIpc) is 3.64. The highest BCUT2D eigenvalue weighted by atomic mass is 79.9. The minimum Gasteiger partial charge on any atom is -0.755 e. The van der Waals surface area contributed by atoms with Crippen molar-refractivity contribution in [1.29, 1.82) is 0 Å². The second-order valence-electron chi connectivity index (χ2n) is 8.58. The molecule has 1 atom stereocenters. The van der Waals surface area contributed by atoms with Crippen LogP contribution in [0.1, 0.15) is 40.2 Å². The van der Waals surface area contributed by atoms with E-state index < -0.39 is 17.1 Å². The van der Waals surface area contributed by atoms with Crippen LogP contribution >= 0.6 is 27.5 Å². The molecular formula is C26H20BrClFN2O4S-. The maximum absolute atomic E-state index is 13.5. The number of carbonyl (C=O) groups excluding carboxylic acids is 1. The maximum atomic E-state index is 13.5. The summed E-state index contributed by atoms with van der Waals surface area (Å²) < 4.78 is 46.5. The molecule has 0 bridgehead atoms. The highest BCUT2D eigenvalue weighted by Gasteiger charge is 2.31. The fourth-order valence-corrected chi connectivity index (χ4v) is 5.29. The Balaban J connectivity index is 1.68. The van der Waals surface area contributed by atoms with Crippen LogP contribution in [0.2, 0.25) is 5.02 Å². The van der Waals surface area contributed by atoms with Crippen molar-refractivity contribution < 1.29 is 22.4 Å². The van der Waals surface area contributed by atoms with Gasteiger partial charge in [-0.25, -0.2) is 4.39 Å². The Hall–Kier alpha value is -2.72. The van der Waals surface area contributed by atoms with E-state index in [-0.39, 0.29) is 24.1 Å². The van der Waals surface area contributed by atoms with E-state index in [2.05, 4.69) is 21.2 Å². The minimum atomic E-state index is -2.59. The van der Waals surface area contributed by atoms with Crippen LogP contribution in [0.3, 0.4) is 0 Å². The zero-order valence-corrected chi connectivity index (χ0v) is 22.2. The predicted molar refractivity (Wildman–Crippen MR) is 141 cm³/mol. The Kier molecular flexibility index (Phi) is 6.91. The Morgan fingerprint density at radius 1 is 1.22 bits per heavy atom. The summed E-state index contributed by atoms with van der Waals surface area (Å²) in [6, 6.07) is 14.5. The van der Waals surface area contributed by atoms with Crippen LogP contribution < -0.4 is 9.62 Å². The van der Waals surface area contributed by atoms with Gasteiger partial charge in [0, 0.05) is 39.8 Å². The third-order valence-corrected chi connectivity index (χ3v) is 8.09. The van der Waals surface area contributed by atoms with Crippen molar-refractivity contribution in [3.63, 3.8) is 0 Å². The van der Waals surface area contributed by atoms with Crippen molar-refractivity contribution in [1.82, 2.24) is 5.32 Å². The number of carbonyl (C=O) groups is 1. The molecule has 0 spiro atoms. The SMILES string of the molecule is CNC(=O)c1c(-c2ccc(F)cc2)oc2cc(N(Cc3ccc(Br)c(Cl)c3)S(=O)[O-])c(C3CC3)cc12. The average molecular weight is 591 g/mol. The lowest BCUT2D eigenvalue weighted by atomic mass is 10.00. The van der Waals surface area contributed by atoms with Gasteiger partial charge >= 0.3 is 0 Å². The minimum absolute atomic E-state index is 0.0716. The molecule has 1 aliphatic carbocycles. The summed E-state index contributed by atoms with van der Waals surface area (Å²) in [5, 5.41) is 3.70. The van der Waals surface area contributed by atoms with Crippen molar-refractivity contribution in [2.24, 2.45) is 0 Å². The van der Waals surface area contributed by atoms with Gasteiger partial charge in [0.25, 0.3) is 5.91 Å². The number of benzene rings is 3. The molecule has 4 aromatic rings. The molecule has 6 nitrogen and oxygen atoms in total. The Labute approximate surface area is 223 Å². The van der Waals surface area contributed by atoms with Crippen LogP contribution in [0.15, 0.2) is 63.5 Å². The summed E-state index contributed by atoms with van der Waals surface area (Å²) >= 11 is 6.99. The molecule has 36 heavy (non-hydrogen) atoms. The van der Waals surface area contributed by atoms with Crippen molar-refractivity contribution in [2.75, 3.05) is 11.4 Å². The lowest BCUT2D eigenvalue weighted by Crippen LogP contribution is -2.26. The van der Waals surface area contributed by atoms with Gasteiger partial charge in [0.05, 0.1) is 22.8 Å². The molecule has 186 valence electrons. The van der Waals surface area contributed by atoms with E-state index in [0.29, 0.717) is 42.8 Å². The number of hydrogen-bond acceptors (Lipinski definition) is 4. The van der Waals surface area contributed by atoms with E-state index >= 15 is 0 Å². The molecule has 1 aromatic heterocycles. The Morgan fingerprint density at radius 2 is 1.94 bits per heavy atom. The van der Waals surface area contributed by atoms with Gasteiger partial charge in [-0.2, -0.15) is 0 Å². The number of nitrogens with one attached hydrogen (secondary N) is 1. The van der Waals surface area contributed by atoms with Crippen molar-refractivity contribution in [3.05, 3.63) is 86.6 Å². The van der Waals surface area contributed by atoms with Crippen LogP contribution in [0.25, 0.3) is 22.3 Å². The fraction of sp³-hybridized carbons (Fsp3) is 0.192. The fourth-order valence-electron chi connectivity index (χ4n) is 4.26. The number of anilines is 1. The number of nitrogens with zero attached hydrogens (tertiary/aromatic N) is 1. The quantitative estimate of drug-likeness (QED) is 0.243. The van der Waals surface area contributed by atoms with Gasteiger partial charge in [-0.15, -0.1) is 0 Å². The molecule has 1 aliphatic rings. The van der Waals surface area contributed by atoms with E-state index in [9.17, 15) is 17.9 Å².